The number of benzene rings is 1. The van der Waals surface area contributed by atoms with Gasteiger partial charge in [0.1, 0.15) is 5.82 Å². The van der Waals surface area contributed by atoms with E-state index in [1.807, 2.05) is 23.4 Å². The van der Waals surface area contributed by atoms with Crippen LogP contribution in [0.2, 0.25) is 5.02 Å². The number of hydrogen-bond donors (Lipinski definition) is 0. The molecule has 5 nitrogen and oxygen atoms in total. The zero-order chi connectivity index (χ0) is 17.8. The highest BCUT2D eigenvalue weighted by Gasteiger charge is 2.23. The Balaban J connectivity index is 1.53. The van der Waals surface area contributed by atoms with Crippen molar-refractivity contribution in [3.8, 4) is 0 Å². The second-order valence-electron chi connectivity index (χ2n) is 6.15. The van der Waals surface area contributed by atoms with Gasteiger partial charge in [0, 0.05) is 62.6 Å². The molecule has 1 fully saturated rings. The van der Waals surface area contributed by atoms with Crippen molar-refractivity contribution in [2.75, 3.05) is 32.7 Å². The average Bonchev–Trinajstić information content (AvgIpc) is 3.09. The van der Waals surface area contributed by atoms with Crippen LogP contribution >= 0.6 is 27.5 Å². The smallest absolute Gasteiger partial charge is 0.255 e. The summed E-state index contributed by atoms with van der Waals surface area (Å²) in [5.41, 5.74) is 0.565. The molecule has 1 aromatic heterocycles. The number of amides is 1. The molecule has 7 heteroatoms. The lowest BCUT2D eigenvalue weighted by atomic mass is 10.2. The van der Waals surface area contributed by atoms with Crippen LogP contribution in [-0.2, 0) is 13.0 Å². The minimum Gasteiger partial charge on any atom is -0.336 e. The molecule has 25 heavy (non-hydrogen) atoms. The minimum atomic E-state index is 0.00817. The number of aromatic nitrogens is 2. The largest absolute Gasteiger partial charge is 0.336 e. The lowest BCUT2D eigenvalue weighted by molar-refractivity contribution is 0.0633. The highest BCUT2D eigenvalue weighted by atomic mass is 79.9. The molecule has 134 valence electrons. The Morgan fingerprint density at radius 2 is 2.00 bits per heavy atom. The molecular formula is C18H22BrClN4O. The van der Waals surface area contributed by atoms with E-state index < -0.39 is 0 Å². The van der Waals surface area contributed by atoms with Gasteiger partial charge in [-0.05, 0) is 18.2 Å². The summed E-state index contributed by atoms with van der Waals surface area (Å²) in [5, 5.41) is 0.503. The first-order chi connectivity index (χ1) is 12.1. The van der Waals surface area contributed by atoms with Crippen molar-refractivity contribution >= 4 is 33.4 Å². The third-order valence-electron chi connectivity index (χ3n) is 4.59. The van der Waals surface area contributed by atoms with Crippen molar-refractivity contribution < 1.29 is 4.79 Å². The molecule has 0 saturated carbocycles. The zero-order valence-corrected chi connectivity index (χ0v) is 16.6. The average molecular weight is 426 g/mol. The molecule has 1 saturated heterocycles. The lowest BCUT2D eigenvalue weighted by Gasteiger charge is -2.35. The molecular weight excluding hydrogens is 404 g/mol. The standard InChI is InChI=1S/C18H22BrClN4O/c1-2-17-21-5-6-23(17)10-7-22-8-11-24(12-9-22)18(25)15-13-14(19)3-4-16(15)20/h3-6,13H,2,7-12H2,1H3. The third-order valence-corrected chi connectivity index (χ3v) is 5.42. The number of halogens is 2. The number of carbonyl (C=O) groups excluding carboxylic acids is 1. The maximum Gasteiger partial charge on any atom is 0.255 e. The third kappa shape index (κ3) is 4.43. The lowest BCUT2D eigenvalue weighted by Crippen LogP contribution is -2.49. The normalized spacial score (nSPS) is 15.6. The maximum atomic E-state index is 12.7. The molecule has 1 amide bonds. The molecule has 0 aliphatic carbocycles. The van der Waals surface area contributed by atoms with Gasteiger partial charge in [-0.3, -0.25) is 9.69 Å². The number of hydrogen-bond acceptors (Lipinski definition) is 3. The first kappa shape index (κ1) is 18.4. The van der Waals surface area contributed by atoms with Crippen LogP contribution in [0.1, 0.15) is 23.1 Å². The van der Waals surface area contributed by atoms with Crippen LogP contribution in [0.4, 0.5) is 0 Å². The van der Waals surface area contributed by atoms with E-state index in [-0.39, 0.29) is 5.91 Å². The van der Waals surface area contributed by atoms with E-state index in [2.05, 4.69) is 37.3 Å². The van der Waals surface area contributed by atoms with E-state index in [4.69, 9.17) is 11.6 Å². The predicted octanol–water partition coefficient (Wildman–Crippen LogP) is 3.32. The highest BCUT2D eigenvalue weighted by Crippen LogP contribution is 2.23. The van der Waals surface area contributed by atoms with Gasteiger partial charge in [0.2, 0.25) is 0 Å². The first-order valence-electron chi connectivity index (χ1n) is 8.55. The van der Waals surface area contributed by atoms with E-state index in [0.29, 0.717) is 10.6 Å². The SMILES string of the molecule is CCc1nccn1CCN1CCN(C(=O)c2cc(Br)ccc2Cl)CC1. The highest BCUT2D eigenvalue weighted by molar-refractivity contribution is 9.10. The van der Waals surface area contributed by atoms with Crippen molar-refractivity contribution in [1.82, 2.24) is 19.4 Å². The molecule has 0 spiro atoms. The summed E-state index contributed by atoms with van der Waals surface area (Å²) in [4.78, 5) is 21.3. The molecule has 0 N–H and O–H groups in total. The first-order valence-corrected chi connectivity index (χ1v) is 9.72. The summed E-state index contributed by atoms with van der Waals surface area (Å²) in [6, 6.07) is 5.39. The van der Waals surface area contributed by atoms with Gasteiger partial charge in [0.05, 0.1) is 10.6 Å². The van der Waals surface area contributed by atoms with E-state index >= 15 is 0 Å². The van der Waals surface area contributed by atoms with Gasteiger partial charge in [0.25, 0.3) is 5.91 Å². The molecule has 1 aromatic carbocycles. The Hall–Kier alpha value is -1.37. The second kappa shape index (κ2) is 8.34. The van der Waals surface area contributed by atoms with Crippen molar-refractivity contribution in [1.29, 1.82) is 0 Å². The number of imidazole rings is 1. The van der Waals surface area contributed by atoms with E-state index in [9.17, 15) is 4.79 Å². The van der Waals surface area contributed by atoms with Crippen LogP contribution in [0.25, 0.3) is 0 Å². The van der Waals surface area contributed by atoms with Gasteiger partial charge in [-0.1, -0.05) is 34.5 Å². The molecule has 3 rings (SSSR count). The van der Waals surface area contributed by atoms with Gasteiger partial charge < -0.3 is 9.47 Å². The molecule has 2 aromatic rings. The molecule has 0 atom stereocenters. The number of nitrogens with zero attached hydrogens (tertiary/aromatic N) is 4. The Labute approximate surface area is 161 Å². The molecule has 0 radical (unpaired) electrons. The molecule has 2 heterocycles. The number of carbonyl (C=O) groups is 1. The molecule has 1 aliphatic rings. The van der Waals surface area contributed by atoms with Gasteiger partial charge >= 0.3 is 0 Å². The number of rotatable bonds is 5. The zero-order valence-electron chi connectivity index (χ0n) is 14.3. The van der Waals surface area contributed by atoms with Crippen molar-refractivity contribution in [2.45, 2.75) is 19.9 Å². The second-order valence-corrected chi connectivity index (χ2v) is 7.47. The fourth-order valence-corrected chi connectivity index (χ4v) is 3.67. The van der Waals surface area contributed by atoms with Gasteiger partial charge in [0.15, 0.2) is 0 Å². The Bertz CT molecular complexity index is 740. The number of piperazine rings is 1. The van der Waals surface area contributed by atoms with Gasteiger partial charge in [-0.25, -0.2) is 4.98 Å². The molecule has 0 unspecified atom stereocenters. The van der Waals surface area contributed by atoms with E-state index in [1.165, 1.54) is 0 Å². The summed E-state index contributed by atoms with van der Waals surface area (Å²) in [7, 11) is 0. The van der Waals surface area contributed by atoms with E-state index in [0.717, 1.165) is 56.0 Å². The summed E-state index contributed by atoms with van der Waals surface area (Å²) in [6.45, 7) is 7.26. The van der Waals surface area contributed by atoms with Crippen molar-refractivity contribution in [2.24, 2.45) is 0 Å². The van der Waals surface area contributed by atoms with Crippen LogP contribution in [0, 0.1) is 0 Å². The van der Waals surface area contributed by atoms with Crippen LogP contribution in [0.5, 0.6) is 0 Å². The monoisotopic (exact) mass is 424 g/mol. The summed E-state index contributed by atoms with van der Waals surface area (Å²) in [6.07, 6.45) is 4.84. The van der Waals surface area contributed by atoms with Crippen LogP contribution < -0.4 is 0 Å². The maximum absolute atomic E-state index is 12.7. The quantitative estimate of drug-likeness (QED) is 0.738. The Morgan fingerprint density at radius 1 is 1.24 bits per heavy atom. The van der Waals surface area contributed by atoms with Gasteiger partial charge in [-0.2, -0.15) is 0 Å². The Morgan fingerprint density at radius 3 is 2.72 bits per heavy atom. The fourth-order valence-electron chi connectivity index (χ4n) is 3.11. The molecule has 1 aliphatic heterocycles. The Kier molecular flexibility index (Phi) is 6.15. The van der Waals surface area contributed by atoms with Gasteiger partial charge in [-0.15, -0.1) is 0 Å². The summed E-state index contributed by atoms with van der Waals surface area (Å²) in [5.74, 6) is 1.13. The topological polar surface area (TPSA) is 41.4 Å². The fraction of sp³-hybridized carbons (Fsp3) is 0.444. The van der Waals surface area contributed by atoms with Crippen LogP contribution in [-0.4, -0.2) is 58.0 Å². The number of aryl methyl sites for hydroxylation is 1. The van der Waals surface area contributed by atoms with Crippen LogP contribution in [0.3, 0.4) is 0 Å². The van der Waals surface area contributed by atoms with Crippen LogP contribution in [0.15, 0.2) is 35.1 Å². The van der Waals surface area contributed by atoms with Crippen molar-refractivity contribution in [3.05, 3.63) is 51.5 Å². The summed E-state index contributed by atoms with van der Waals surface area (Å²) < 4.78 is 3.07. The van der Waals surface area contributed by atoms with Crippen molar-refractivity contribution in [3.63, 3.8) is 0 Å². The minimum absolute atomic E-state index is 0.00817. The predicted molar refractivity (Wildman–Crippen MR) is 103 cm³/mol. The summed E-state index contributed by atoms with van der Waals surface area (Å²) >= 11 is 9.59. The molecule has 0 bridgehead atoms. The van der Waals surface area contributed by atoms with E-state index in [1.54, 1.807) is 12.1 Å².